The molecule has 0 spiro atoms. The minimum atomic E-state index is -3.86. The molecular weight excluding hydrogens is 610 g/mol. The summed E-state index contributed by atoms with van der Waals surface area (Å²) in [6.45, 7) is 5.68. The van der Waals surface area contributed by atoms with E-state index in [0.29, 0.717) is 30.9 Å². The van der Waals surface area contributed by atoms with Crippen LogP contribution in [0.1, 0.15) is 50.4 Å². The standard InChI is InChI=1S/C30H45N3O9S2/c1-21-18-33(22(2)20-34)30(35)27-17-24(31-43(6,36)37)10-15-28(27)42-23(3)9-7-8-16-41-29(21)19-32(4)44(38,39)26-13-11-25(40-5)12-14-26/h10-15,17,21-23,29,31,34H,7-9,16,18-20H2,1-6H3/t21-,22+,23-,29+/m0/s1. The Morgan fingerprint density at radius 2 is 1.80 bits per heavy atom. The first-order valence-corrected chi connectivity index (χ1v) is 17.9. The van der Waals surface area contributed by atoms with Crippen LogP contribution in [0.15, 0.2) is 47.4 Å². The molecular formula is C30H45N3O9S2. The smallest absolute Gasteiger partial charge is 0.258 e. The van der Waals surface area contributed by atoms with E-state index in [4.69, 9.17) is 14.2 Å². The Labute approximate surface area is 261 Å². The van der Waals surface area contributed by atoms with Crippen LogP contribution >= 0.6 is 0 Å². The summed E-state index contributed by atoms with van der Waals surface area (Å²) >= 11 is 0. The number of anilines is 1. The maximum absolute atomic E-state index is 14.1. The van der Waals surface area contributed by atoms with Crippen molar-refractivity contribution in [2.45, 2.75) is 63.2 Å². The number of aliphatic hydroxyl groups is 1. The molecule has 2 N–H and O–H groups in total. The van der Waals surface area contributed by atoms with Gasteiger partial charge in [0.25, 0.3) is 5.91 Å². The Hall–Kier alpha value is -2.91. The van der Waals surface area contributed by atoms with Crippen molar-refractivity contribution < 1.29 is 40.9 Å². The van der Waals surface area contributed by atoms with Gasteiger partial charge in [-0.25, -0.2) is 16.8 Å². The van der Waals surface area contributed by atoms with E-state index < -0.39 is 38.1 Å². The molecule has 0 radical (unpaired) electrons. The Morgan fingerprint density at radius 3 is 2.41 bits per heavy atom. The molecule has 12 nitrogen and oxygen atoms in total. The van der Waals surface area contributed by atoms with Gasteiger partial charge >= 0.3 is 0 Å². The summed E-state index contributed by atoms with van der Waals surface area (Å²) in [6.07, 6.45) is 2.34. The molecule has 246 valence electrons. The van der Waals surface area contributed by atoms with Crippen molar-refractivity contribution in [3.63, 3.8) is 0 Å². The summed E-state index contributed by atoms with van der Waals surface area (Å²) in [7, 11) is -4.47. The quantitative estimate of drug-likeness (QED) is 0.415. The third kappa shape index (κ3) is 9.54. The van der Waals surface area contributed by atoms with Crippen molar-refractivity contribution in [1.29, 1.82) is 0 Å². The lowest BCUT2D eigenvalue weighted by Crippen LogP contribution is -2.48. The topological polar surface area (TPSA) is 152 Å². The molecule has 14 heteroatoms. The molecule has 1 aliphatic rings. The third-order valence-corrected chi connectivity index (χ3v) is 10.0. The maximum atomic E-state index is 14.1. The number of carbonyl (C=O) groups is 1. The van der Waals surface area contributed by atoms with E-state index >= 15 is 0 Å². The van der Waals surface area contributed by atoms with Gasteiger partial charge in [-0.05, 0) is 75.6 Å². The van der Waals surface area contributed by atoms with Crippen molar-refractivity contribution in [2.24, 2.45) is 5.92 Å². The van der Waals surface area contributed by atoms with Crippen molar-refractivity contribution in [2.75, 3.05) is 51.4 Å². The first-order valence-electron chi connectivity index (χ1n) is 14.6. The van der Waals surface area contributed by atoms with Crippen molar-refractivity contribution >= 4 is 31.6 Å². The average Bonchev–Trinajstić information content (AvgIpc) is 2.97. The second-order valence-corrected chi connectivity index (χ2v) is 15.1. The Kier molecular flexibility index (Phi) is 12.4. The number of carbonyl (C=O) groups excluding carboxylic acids is 1. The van der Waals surface area contributed by atoms with Crippen molar-refractivity contribution in [3.8, 4) is 11.5 Å². The van der Waals surface area contributed by atoms with Crippen LogP contribution in [0.5, 0.6) is 11.5 Å². The Morgan fingerprint density at radius 1 is 1.11 bits per heavy atom. The summed E-state index contributed by atoms with van der Waals surface area (Å²) in [4.78, 5) is 15.7. The predicted molar refractivity (Wildman–Crippen MR) is 168 cm³/mol. The van der Waals surface area contributed by atoms with Gasteiger partial charge in [0.05, 0.1) is 48.7 Å². The van der Waals surface area contributed by atoms with Gasteiger partial charge in [-0.3, -0.25) is 9.52 Å². The average molecular weight is 656 g/mol. The van der Waals surface area contributed by atoms with Crippen LogP contribution in [0, 0.1) is 5.92 Å². The number of aliphatic hydroxyl groups excluding tert-OH is 1. The lowest BCUT2D eigenvalue weighted by Gasteiger charge is -2.35. The number of hydrogen-bond donors (Lipinski definition) is 2. The fourth-order valence-corrected chi connectivity index (χ4v) is 6.68. The molecule has 1 heterocycles. The molecule has 3 rings (SSSR count). The molecule has 0 aliphatic carbocycles. The zero-order chi connectivity index (χ0) is 32.7. The van der Waals surface area contributed by atoms with Crippen LogP contribution in [0.25, 0.3) is 0 Å². The summed E-state index contributed by atoms with van der Waals surface area (Å²) in [5.41, 5.74) is 0.347. The largest absolute Gasteiger partial charge is 0.497 e. The number of hydrogen-bond acceptors (Lipinski definition) is 9. The van der Waals surface area contributed by atoms with Gasteiger partial charge < -0.3 is 24.2 Å². The number of sulfonamides is 2. The molecule has 0 saturated carbocycles. The first kappa shape index (κ1) is 35.6. The Bertz CT molecular complexity index is 1470. The number of likely N-dealkylation sites (N-methyl/N-ethyl adjacent to an activating group) is 1. The van der Waals surface area contributed by atoms with Gasteiger partial charge in [-0.1, -0.05) is 6.92 Å². The number of rotatable bonds is 9. The van der Waals surface area contributed by atoms with Crippen LogP contribution in [0.4, 0.5) is 5.69 Å². The van der Waals surface area contributed by atoms with Crippen LogP contribution in [0.2, 0.25) is 0 Å². The monoisotopic (exact) mass is 655 g/mol. The summed E-state index contributed by atoms with van der Waals surface area (Å²) < 4.78 is 71.9. The molecule has 0 saturated heterocycles. The van der Waals surface area contributed by atoms with Gasteiger partial charge in [0.2, 0.25) is 20.0 Å². The summed E-state index contributed by atoms with van der Waals surface area (Å²) in [5, 5.41) is 10.1. The predicted octanol–water partition coefficient (Wildman–Crippen LogP) is 3.18. The number of ether oxygens (including phenoxy) is 3. The lowest BCUT2D eigenvalue weighted by atomic mass is 10.0. The van der Waals surface area contributed by atoms with E-state index in [0.717, 1.165) is 12.7 Å². The highest BCUT2D eigenvalue weighted by Crippen LogP contribution is 2.29. The summed E-state index contributed by atoms with van der Waals surface area (Å²) in [6, 6.07) is 10.1. The number of amides is 1. The summed E-state index contributed by atoms with van der Waals surface area (Å²) in [5.74, 6) is 0.0233. The number of methoxy groups -OCH3 is 1. The SMILES string of the molecule is COc1ccc(S(=O)(=O)N(C)C[C@H]2OCCCC[C@H](C)Oc3ccc(NS(C)(=O)=O)cc3C(=O)N([C@H](C)CO)C[C@@H]2C)cc1. The van der Waals surface area contributed by atoms with E-state index in [1.165, 1.54) is 47.6 Å². The zero-order valence-electron chi connectivity index (χ0n) is 26.2. The molecule has 0 unspecified atom stereocenters. The van der Waals surface area contributed by atoms with E-state index in [9.17, 15) is 26.7 Å². The van der Waals surface area contributed by atoms with Gasteiger partial charge in [-0.15, -0.1) is 0 Å². The lowest BCUT2D eigenvalue weighted by molar-refractivity contribution is -0.00833. The van der Waals surface area contributed by atoms with Gasteiger partial charge in [0.15, 0.2) is 0 Å². The molecule has 0 aromatic heterocycles. The number of nitrogens with zero attached hydrogens (tertiary/aromatic N) is 2. The molecule has 44 heavy (non-hydrogen) atoms. The highest BCUT2D eigenvalue weighted by molar-refractivity contribution is 7.92. The minimum Gasteiger partial charge on any atom is -0.497 e. The normalized spacial score (nSPS) is 21.6. The van der Waals surface area contributed by atoms with Crippen LogP contribution in [0.3, 0.4) is 0 Å². The van der Waals surface area contributed by atoms with Crippen molar-refractivity contribution in [1.82, 2.24) is 9.21 Å². The second kappa shape index (κ2) is 15.4. The second-order valence-electron chi connectivity index (χ2n) is 11.3. The number of fused-ring (bicyclic) bond motifs is 1. The number of benzene rings is 2. The van der Waals surface area contributed by atoms with Gasteiger partial charge in [-0.2, -0.15) is 4.31 Å². The molecule has 1 amide bonds. The van der Waals surface area contributed by atoms with Gasteiger partial charge in [0, 0.05) is 38.3 Å². The number of nitrogens with one attached hydrogen (secondary N) is 1. The molecule has 4 atom stereocenters. The fraction of sp³-hybridized carbons (Fsp3) is 0.567. The van der Waals surface area contributed by atoms with E-state index in [1.807, 2.05) is 13.8 Å². The third-order valence-electron chi connectivity index (χ3n) is 7.56. The highest BCUT2D eigenvalue weighted by atomic mass is 32.2. The van der Waals surface area contributed by atoms with E-state index in [1.54, 1.807) is 25.1 Å². The Balaban J connectivity index is 1.97. The van der Waals surface area contributed by atoms with E-state index in [2.05, 4.69) is 4.72 Å². The molecule has 1 aliphatic heterocycles. The molecule has 2 aromatic rings. The van der Waals surface area contributed by atoms with Gasteiger partial charge in [0.1, 0.15) is 11.5 Å². The van der Waals surface area contributed by atoms with Crippen molar-refractivity contribution in [3.05, 3.63) is 48.0 Å². The van der Waals surface area contributed by atoms with Crippen LogP contribution < -0.4 is 14.2 Å². The molecule has 0 fully saturated rings. The molecule has 0 bridgehead atoms. The maximum Gasteiger partial charge on any atom is 0.258 e. The van der Waals surface area contributed by atoms with Crippen LogP contribution in [-0.4, -0.2) is 102 Å². The van der Waals surface area contributed by atoms with Crippen LogP contribution in [-0.2, 0) is 24.8 Å². The van der Waals surface area contributed by atoms with E-state index in [-0.39, 0.29) is 47.9 Å². The highest BCUT2D eigenvalue weighted by Gasteiger charge is 2.32. The zero-order valence-corrected chi connectivity index (χ0v) is 27.9. The minimum absolute atomic E-state index is 0.0313. The first-order chi connectivity index (χ1) is 20.7. The molecule has 2 aromatic carbocycles. The fourth-order valence-electron chi connectivity index (χ4n) is 4.94.